The molecule has 90 valence electrons. The fourth-order valence-electron chi connectivity index (χ4n) is 1.99. The van der Waals surface area contributed by atoms with Gasteiger partial charge in [-0.25, -0.2) is 0 Å². The normalized spacial score (nSPS) is 19.3. The molecule has 0 bridgehead atoms. The molecule has 17 heavy (non-hydrogen) atoms. The van der Waals surface area contributed by atoms with Crippen LogP contribution in [0.2, 0.25) is 0 Å². The number of benzene rings is 1. The Morgan fingerprint density at radius 2 is 2.18 bits per heavy atom. The lowest BCUT2D eigenvalue weighted by Gasteiger charge is -2.25. The molecule has 2 amide bonds. The van der Waals surface area contributed by atoms with E-state index in [0.29, 0.717) is 13.0 Å². The third-order valence-corrected chi connectivity index (χ3v) is 3.09. The number of carbonyl (C=O) groups is 2. The highest BCUT2D eigenvalue weighted by Gasteiger charge is 2.28. The third kappa shape index (κ3) is 2.16. The first-order valence-corrected chi connectivity index (χ1v) is 5.81. The van der Waals surface area contributed by atoms with Crippen molar-refractivity contribution in [3.8, 4) is 0 Å². The molecule has 1 aliphatic rings. The zero-order valence-electron chi connectivity index (χ0n) is 10.1. The van der Waals surface area contributed by atoms with Crippen molar-refractivity contribution in [2.24, 2.45) is 0 Å². The second-order valence-electron chi connectivity index (χ2n) is 4.20. The molecule has 0 saturated heterocycles. The van der Waals surface area contributed by atoms with Crippen molar-refractivity contribution in [1.82, 2.24) is 4.90 Å². The molecule has 1 aromatic carbocycles. The predicted octanol–water partition coefficient (Wildman–Crippen LogP) is 1.77. The molecule has 0 aromatic heterocycles. The fourth-order valence-corrected chi connectivity index (χ4v) is 1.99. The van der Waals surface area contributed by atoms with E-state index in [1.54, 1.807) is 11.8 Å². The number of fused-ring (bicyclic) bond motifs is 1. The SMILES string of the molecule is CCC(=O)N1Cc2ccccc2NC(=O)C1C. The minimum Gasteiger partial charge on any atom is -0.327 e. The lowest BCUT2D eigenvalue weighted by molar-refractivity contribution is -0.138. The van der Waals surface area contributed by atoms with Crippen LogP contribution in [0, 0.1) is 0 Å². The van der Waals surface area contributed by atoms with E-state index in [1.165, 1.54) is 0 Å². The van der Waals surface area contributed by atoms with Crippen LogP contribution in [0.4, 0.5) is 5.69 Å². The topological polar surface area (TPSA) is 49.4 Å². The summed E-state index contributed by atoms with van der Waals surface area (Å²) in [4.78, 5) is 25.4. The van der Waals surface area contributed by atoms with Gasteiger partial charge in [0.15, 0.2) is 0 Å². The van der Waals surface area contributed by atoms with Gasteiger partial charge in [0, 0.05) is 18.7 Å². The van der Waals surface area contributed by atoms with Crippen molar-refractivity contribution >= 4 is 17.5 Å². The van der Waals surface area contributed by atoms with E-state index < -0.39 is 6.04 Å². The van der Waals surface area contributed by atoms with E-state index in [9.17, 15) is 9.59 Å². The van der Waals surface area contributed by atoms with Gasteiger partial charge in [0.25, 0.3) is 0 Å². The number of rotatable bonds is 1. The maximum atomic E-state index is 11.9. The maximum absolute atomic E-state index is 11.9. The standard InChI is InChI=1S/C13H16N2O2/c1-3-12(16)15-8-10-6-4-5-7-11(10)14-13(17)9(15)2/h4-7,9H,3,8H2,1-2H3,(H,14,17). The predicted molar refractivity (Wildman–Crippen MR) is 65.4 cm³/mol. The molecular formula is C13H16N2O2. The Kier molecular flexibility index (Phi) is 3.13. The molecular weight excluding hydrogens is 216 g/mol. The van der Waals surface area contributed by atoms with Crippen molar-refractivity contribution in [3.63, 3.8) is 0 Å². The van der Waals surface area contributed by atoms with E-state index >= 15 is 0 Å². The van der Waals surface area contributed by atoms with Crippen LogP contribution in [0.5, 0.6) is 0 Å². The number of nitrogens with one attached hydrogen (secondary N) is 1. The Hall–Kier alpha value is -1.84. The van der Waals surface area contributed by atoms with Crippen LogP contribution in [0.1, 0.15) is 25.8 Å². The van der Waals surface area contributed by atoms with Gasteiger partial charge in [0.05, 0.1) is 0 Å². The average Bonchev–Trinajstić information content (AvgIpc) is 2.47. The molecule has 0 fully saturated rings. The first-order valence-electron chi connectivity index (χ1n) is 5.81. The lowest BCUT2D eigenvalue weighted by Crippen LogP contribution is -2.42. The van der Waals surface area contributed by atoms with E-state index in [4.69, 9.17) is 0 Å². The van der Waals surface area contributed by atoms with Gasteiger partial charge in [-0.15, -0.1) is 0 Å². The van der Waals surface area contributed by atoms with Crippen LogP contribution in [-0.4, -0.2) is 22.8 Å². The van der Waals surface area contributed by atoms with Crippen LogP contribution < -0.4 is 5.32 Å². The molecule has 1 N–H and O–H groups in total. The van der Waals surface area contributed by atoms with Gasteiger partial charge in [0.2, 0.25) is 11.8 Å². The maximum Gasteiger partial charge on any atom is 0.246 e. The fraction of sp³-hybridized carbons (Fsp3) is 0.385. The van der Waals surface area contributed by atoms with Gasteiger partial charge in [-0.3, -0.25) is 9.59 Å². The second kappa shape index (κ2) is 4.57. The summed E-state index contributed by atoms with van der Waals surface area (Å²) in [6, 6.07) is 7.16. The van der Waals surface area contributed by atoms with Gasteiger partial charge < -0.3 is 10.2 Å². The Bertz CT molecular complexity index is 456. The van der Waals surface area contributed by atoms with Crippen molar-refractivity contribution < 1.29 is 9.59 Å². The molecule has 1 heterocycles. The van der Waals surface area contributed by atoms with E-state index in [1.807, 2.05) is 31.2 Å². The van der Waals surface area contributed by atoms with Crippen LogP contribution in [0.25, 0.3) is 0 Å². The van der Waals surface area contributed by atoms with Crippen molar-refractivity contribution in [2.45, 2.75) is 32.9 Å². The molecule has 1 atom stereocenters. The second-order valence-corrected chi connectivity index (χ2v) is 4.20. The summed E-state index contributed by atoms with van der Waals surface area (Å²) in [5.74, 6) is -0.124. The summed E-state index contributed by atoms with van der Waals surface area (Å²) in [5, 5.41) is 2.85. The number of hydrogen-bond donors (Lipinski definition) is 1. The summed E-state index contributed by atoms with van der Waals surface area (Å²) < 4.78 is 0. The van der Waals surface area contributed by atoms with Crippen molar-refractivity contribution in [3.05, 3.63) is 29.8 Å². The highest BCUT2D eigenvalue weighted by molar-refractivity contribution is 5.98. The van der Waals surface area contributed by atoms with Crippen LogP contribution in [-0.2, 0) is 16.1 Å². The Morgan fingerprint density at radius 3 is 2.88 bits per heavy atom. The lowest BCUT2D eigenvalue weighted by atomic mass is 10.1. The molecule has 1 aliphatic heterocycles. The smallest absolute Gasteiger partial charge is 0.246 e. The van der Waals surface area contributed by atoms with Gasteiger partial charge in [-0.1, -0.05) is 25.1 Å². The van der Waals surface area contributed by atoms with Gasteiger partial charge in [-0.2, -0.15) is 0 Å². The first kappa shape index (κ1) is 11.6. The zero-order valence-corrected chi connectivity index (χ0v) is 10.1. The Morgan fingerprint density at radius 1 is 1.47 bits per heavy atom. The average molecular weight is 232 g/mol. The number of amides is 2. The highest BCUT2D eigenvalue weighted by Crippen LogP contribution is 2.23. The number of para-hydroxylation sites is 1. The molecule has 0 radical (unpaired) electrons. The van der Waals surface area contributed by atoms with E-state index in [-0.39, 0.29) is 11.8 Å². The minimum absolute atomic E-state index is 0.00403. The molecule has 0 saturated carbocycles. The molecule has 0 spiro atoms. The minimum atomic E-state index is -0.421. The zero-order chi connectivity index (χ0) is 12.4. The summed E-state index contributed by atoms with van der Waals surface area (Å²) in [6.45, 7) is 4.06. The van der Waals surface area contributed by atoms with Crippen LogP contribution >= 0.6 is 0 Å². The summed E-state index contributed by atoms with van der Waals surface area (Å²) in [6.07, 6.45) is 0.416. The van der Waals surface area contributed by atoms with Crippen LogP contribution in [0.15, 0.2) is 24.3 Å². The van der Waals surface area contributed by atoms with Gasteiger partial charge in [-0.05, 0) is 18.6 Å². The van der Waals surface area contributed by atoms with Crippen LogP contribution in [0.3, 0.4) is 0 Å². The summed E-state index contributed by atoms with van der Waals surface area (Å²) >= 11 is 0. The molecule has 1 aromatic rings. The monoisotopic (exact) mass is 232 g/mol. The van der Waals surface area contributed by atoms with E-state index in [2.05, 4.69) is 5.32 Å². The van der Waals surface area contributed by atoms with Gasteiger partial charge in [0.1, 0.15) is 6.04 Å². The third-order valence-electron chi connectivity index (χ3n) is 3.09. The molecule has 4 heteroatoms. The first-order chi connectivity index (χ1) is 8.13. The van der Waals surface area contributed by atoms with Crippen molar-refractivity contribution in [1.29, 1.82) is 0 Å². The number of anilines is 1. The summed E-state index contributed by atoms with van der Waals surface area (Å²) in [5.41, 5.74) is 1.78. The number of nitrogens with zero attached hydrogens (tertiary/aromatic N) is 1. The summed E-state index contributed by atoms with van der Waals surface area (Å²) in [7, 11) is 0. The molecule has 2 rings (SSSR count). The van der Waals surface area contributed by atoms with E-state index in [0.717, 1.165) is 11.3 Å². The molecule has 1 unspecified atom stereocenters. The number of hydrogen-bond acceptors (Lipinski definition) is 2. The Labute approximate surface area is 101 Å². The molecule has 4 nitrogen and oxygen atoms in total. The highest BCUT2D eigenvalue weighted by atomic mass is 16.2. The Balaban J connectivity index is 2.38. The molecule has 0 aliphatic carbocycles. The number of carbonyl (C=O) groups excluding carboxylic acids is 2. The quantitative estimate of drug-likeness (QED) is 0.802. The van der Waals surface area contributed by atoms with Gasteiger partial charge >= 0.3 is 0 Å². The largest absolute Gasteiger partial charge is 0.327 e. The van der Waals surface area contributed by atoms with Crippen molar-refractivity contribution in [2.75, 3.05) is 5.32 Å².